The number of anilines is 1. The third kappa shape index (κ3) is 3.00. The van der Waals surface area contributed by atoms with Crippen LogP contribution in [0.1, 0.15) is 28.7 Å². The molecular weight excluding hydrogens is 354 g/mol. The molecule has 5 rings (SSSR count). The largest absolute Gasteiger partial charge is 0.276 e. The number of nitrogens with zero attached hydrogens (tertiary/aromatic N) is 2. The van der Waals surface area contributed by atoms with E-state index in [0.717, 1.165) is 34.8 Å². The van der Waals surface area contributed by atoms with Crippen LogP contribution in [0.5, 0.6) is 0 Å². The quantitative estimate of drug-likeness (QED) is 0.559. The van der Waals surface area contributed by atoms with E-state index in [1.54, 1.807) is 5.01 Å². The first-order valence-electron chi connectivity index (χ1n) is 9.92. The maximum atomic E-state index is 6.53. The summed E-state index contributed by atoms with van der Waals surface area (Å²) in [4.78, 5) is 5.06. The van der Waals surface area contributed by atoms with E-state index in [1.165, 1.54) is 27.8 Å². The molecule has 0 saturated heterocycles. The van der Waals surface area contributed by atoms with Gasteiger partial charge in [0.2, 0.25) is 0 Å². The summed E-state index contributed by atoms with van der Waals surface area (Å²) in [5.41, 5.74) is 11.1. The monoisotopic (exact) mass is 377 g/mol. The predicted molar refractivity (Wildman–Crippen MR) is 122 cm³/mol. The third-order valence-electron chi connectivity index (χ3n) is 5.65. The van der Waals surface area contributed by atoms with Gasteiger partial charge in [-0.2, -0.15) is 0 Å². The van der Waals surface area contributed by atoms with E-state index in [2.05, 4.69) is 68.5 Å². The van der Waals surface area contributed by atoms with E-state index >= 15 is 0 Å². The van der Waals surface area contributed by atoms with Crippen LogP contribution in [0.15, 0.2) is 89.6 Å². The van der Waals surface area contributed by atoms with E-state index in [1.807, 2.05) is 24.3 Å². The van der Waals surface area contributed by atoms with Gasteiger partial charge in [-0.15, -0.1) is 0 Å². The molecule has 3 nitrogen and oxygen atoms in total. The Morgan fingerprint density at radius 2 is 1.41 bits per heavy atom. The van der Waals surface area contributed by atoms with Crippen molar-refractivity contribution in [2.24, 2.45) is 10.8 Å². The van der Waals surface area contributed by atoms with Crippen molar-refractivity contribution >= 4 is 28.2 Å². The molecule has 2 aliphatic rings. The fourth-order valence-corrected chi connectivity index (χ4v) is 4.05. The minimum Gasteiger partial charge on any atom is -0.276 e. The molecule has 0 atom stereocenters. The second kappa shape index (κ2) is 6.87. The average molecular weight is 377 g/mol. The Hall–Kier alpha value is -3.43. The van der Waals surface area contributed by atoms with Gasteiger partial charge in [0.1, 0.15) is 0 Å². The van der Waals surface area contributed by atoms with Crippen molar-refractivity contribution in [3.63, 3.8) is 0 Å². The summed E-state index contributed by atoms with van der Waals surface area (Å²) in [5.74, 6) is 6.53. The Morgan fingerprint density at radius 1 is 0.793 bits per heavy atom. The maximum absolute atomic E-state index is 6.53. The number of allylic oxidation sites excluding steroid dienone is 3. The zero-order chi connectivity index (χ0) is 20.0. The van der Waals surface area contributed by atoms with Gasteiger partial charge in [-0.1, -0.05) is 77.9 Å². The van der Waals surface area contributed by atoms with Crippen molar-refractivity contribution in [3.05, 3.63) is 107 Å². The number of aliphatic imine (C=N–C) groups is 1. The highest BCUT2D eigenvalue weighted by atomic mass is 15.4. The zero-order valence-electron chi connectivity index (χ0n) is 16.7. The highest BCUT2D eigenvalue weighted by molar-refractivity contribution is 6.40. The first-order valence-corrected chi connectivity index (χ1v) is 9.92. The van der Waals surface area contributed by atoms with Crippen molar-refractivity contribution in [1.29, 1.82) is 0 Å². The van der Waals surface area contributed by atoms with Gasteiger partial charge in [-0.3, -0.25) is 5.01 Å². The molecule has 3 aromatic rings. The van der Waals surface area contributed by atoms with Gasteiger partial charge >= 0.3 is 0 Å². The molecule has 0 amide bonds. The van der Waals surface area contributed by atoms with Crippen LogP contribution in [0.3, 0.4) is 0 Å². The number of aryl methyl sites for hydroxylation is 2. The Labute approximate surface area is 171 Å². The van der Waals surface area contributed by atoms with Crippen LogP contribution in [-0.2, 0) is 0 Å². The van der Waals surface area contributed by atoms with Crippen molar-refractivity contribution < 1.29 is 0 Å². The molecule has 0 fully saturated rings. The van der Waals surface area contributed by atoms with Crippen molar-refractivity contribution in [3.8, 4) is 0 Å². The molecule has 0 aromatic heterocycles. The van der Waals surface area contributed by atoms with Crippen molar-refractivity contribution in [2.75, 3.05) is 5.01 Å². The van der Waals surface area contributed by atoms with E-state index in [4.69, 9.17) is 10.8 Å². The summed E-state index contributed by atoms with van der Waals surface area (Å²) in [5, 5.41) is 1.78. The molecule has 0 radical (unpaired) electrons. The number of para-hydroxylation sites is 2. The normalized spacial score (nSPS) is 15.5. The van der Waals surface area contributed by atoms with Crippen molar-refractivity contribution in [1.82, 2.24) is 0 Å². The summed E-state index contributed by atoms with van der Waals surface area (Å²) in [6.07, 6.45) is 3.01. The maximum Gasteiger partial charge on any atom is 0.0967 e. The third-order valence-corrected chi connectivity index (χ3v) is 5.65. The summed E-state index contributed by atoms with van der Waals surface area (Å²) >= 11 is 0. The number of rotatable bonds is 2. The molecule has 1 heterocycles. The molecule has 0 bridgehead atoms. The van der Waals surface area contributed by atoms with Crippen LogP contribution in [-0.4, -0.2) is 5.71 Å². The van der Waals surface area contributed by atoms with Crippen LogP contribution in [0.25, 0.3) is 11.1 Å². The highest BCUT2D eigenvalue weighted by Crippen LogP contribution is 2.43. The number of nitrogens with two attached hydrogens (primary N) is 1. The SMILES string of the molecule is Cc1ccc(C2=C(c3ccc(C)cc3)C3=Nc4ccccc4N(N)C3=CC2)cc1. The first-order chi connectivity index (χ1) is 14.1. The standard InChI is InChI=1S/C26H23N3/c1-17-7-11-19(12-8-17)21-15-16-24-26(25(21)20-13-9-18(2)10-14-20)28-22-5-3-4-6-23(22)29(24)27/h3-14,16H,15,27H2,1-2H3. The Balaban J connectivity index is 1.77. The molecule has 0 saturated carbocycles. The summed E-state index contributed by atoms with van der Waals surface area (Å²) in [6.45, 7) is 4.23. The molecular formula is C26H23N3. The van der Waals surface area contributed by atoms with Crippen LogP contribution in [0.4, 0.5) is 11.4 Å². The van der Waals surface area contributed by atoms with Gasteiger partial charge in [0.05, 0.1) is 22.8 Å². The molecule has 0 spiro atoms. The minimum absolute atomic E-state index is 0.816. The number of hydrogen-bond donors (Lipinski definition) is 1. The number of benzene rings is 3. The molecule has 1 aliphatic heterocycles. The van der Waals surface area contributed by atoms with Gasteiger partial charge in [0.15, 0.2) is 0 Å². The molecule has 29 heavy (non-hydrogen) atoms. The number of hydrazine groups is 1. The van der Waals surface area contributed by atoms with Crippen molar-refractivity contribution in [2.45, 2.75) is 20.3 Å². The Kier molecular flexibility index (Phi) is 4.18. The van der Waals surface area contributed by atoms with Gasteiger partial charge < -0.3 is 0 Å². The fourth-order valence-electron chi connectivity index (χ4n) is 4.05. The lowest BCUT2D eigenvalue weighted by Gasteiger charge is -2.33. The van der Waals surface area contributed by atoms with Gasteiger partial charge in [0, 0.05) is 5.57 Å². The van der Waals surface area contributed by atoms with E-state index < -0.39 is 0 Å². The Bertz CT molecular complexity index is 1180. The number of fused-ring (bicyclic) bond motifs is 2. The molecule has 142 valence electrons. The average Bonchev–Trinajstić information content (AvgIpc) is 2.75. The van der Waals surface area contributed by atoms with E-state index in [0.29, 0.717) is 0 Å². The smallest absolute Gasteiger partial charge is 0.0967 e. The van der Waals surface area contributed by atoms with Gasteiger partial charge in [-0.25, -0.2) is 10.8 Å². The first kappa shape index (κ1) is 17.7. The molecule has 2 N–H and O–H groups in total. The van der Waals surface area contributed by atoms with Gasteiger partial charge in [-0.05, 0) is 49.1 Å². The van der Waals surface area contributed by atoms with E-state index in [9.17, 15) is 0 Å². The molecule has 1 aliphatic carbocycles. The summed E-state index contributed by atoms with van der Waals surface area (Å²) < 4.78 is 0. The predicted octanol–water partition coefficient (Wildman–Crippen LogP) is 5.97. The van der Waals surface area contributed by atoms with Crippen LogP contribution >= 0.6 is 0 Å². The Morgan fingerprint density at radius 3 is 2.10 bits per heavy atom. The lowest BCUT2D eigenvalue weighted by molar-refractivity contribution is 1.02. The minimum atomic E-state index is 0.816. The second-order valence-corrected chi connectivity index (χ2v) is 7.70. The molecule has 3 heteroatoms. The summed E-state index contributed by atoms with van der Waals surface area (Å²) in [7, 11) is 0. The number of hydrogen-bond acceptors (Lipinski definition) is 3. The van der Waals surface area contributed by atoms with Crippen LogP contribution in [0, 0.1) is 13.8 Å². The summed E-state index contributed by atoms with van der Waals surface area (Å²) in [6, 6.07) is 25.5. The van der Waals surface area contributed by atoms with Crippen LogP contribution in [0.2, 0.25) is 0 Å². The van der Waals surface area contributed by atoms with Gasteiger partial charge in [0.25, 0.3) is 0 Å². The zero-order valence-corrected chi connectivity index (χ0v) is 16.7. The molecule has 0 unspecified atom stereocenters. The fraction of sp³-hybridized carbons (Fsp3) is 0.115. The van der Waals surface area contributed by atoms with E-state index in [-0.39, 0.29) is 0 Å². The highest BCUT2D eigenvalue weighted by Gasteiger charge is 2.30. The lowest BCUT2D eigenvalue weighted by Crippen LogP contribution is -2.37. The van der Waals surface area contributed by atoms with Crippen LogP contribution < -0.4 is 10.9 Å². The lowest BCUT2D eigenvalue weighted by atomic mass is 9.83. The molecule has 3 aromatic carbocycles. The second-order valence-electron chi connectivity index (χ2n) is 7.70. The topological polar surface area (TPSA) is 41.6 Å².